The van der Waals surface area contributed by atoms with Gasteiger partial charge in [-0.2, -0.15) is 4.98 Å². The molecule has 0 fully saturated rings. The summed E-state index contributed by atoms with van der Waals surface area (Å²) in [6.07, 6.45) is 0. The molecule has 0 unspecified atom stereocenters. The molecule has 1 N–H and O–H groups in total. The lowest BCUT2D eigenvalue weighted by Crippen LogP contribution is -2.17. The van der Waals surface area contributed by atoms with Crippen LogP contribution in [0.3, 0.4) is 0 Å². The third kappa shape index (κ3) is 4.23. The molecule has 0 bridgehead atoms. The lowest BCUT2D eigenvalue weighted by molar-refractivity contribution is 0.601. The fourth-order valence-electron chi connectivity index (χ4n) is 2.97. The largest absolute Gasteiger partial charge is 0.354 e. The van der Waals surface area contributed by atoms with E-state index in [0.717, 1.165) is 15.3 Å². The number of hydrogen-bond donors (Lipinski definition) is 1. The zero-order chi connectivity index (χ0) is 22.3. The second-order valence-corrected chi connectivity index (χ2v) is 11.2. The molecule has 0 atom stereocenters. The third-order valence-corrected chi connectivity index (χ3v) is 8.44. The molecule has 2 heterocycles. The Bertz CT molecular complexity index is 1390. The molecule has 0 saturated heterocycles. The van der Waals surface area contributed by atoms with Gasteiger partial charge in [0.05, 0.1) is 9.10 Å². The van der Waals surface area contributed by atoms with Crippen molar-refractivity contribution >= 4 is 38.9 Å². The van der Waals surface area contributed by atoms with E-state index in [4.69, 9.17) is 0 Å². The number of aromatic nitrogens is 2. The van der Waals surface area contributed by atoms with E-state index in [1.807, 2.05) is 13.8 Å². The number of nitrogens with one attached hydrogen (secondary N) is 1. The van der Waals surface area contributed by atoms with E-state index < -0.39 is 15.7 Å². The predicted molar refractivity (Wildman–Crippen MR) is 121 cm³/mol. The molecule has 2 aromatic rings. The molecule has 6 nitrogen and oxygen atoms in total. The van der Waals surface area contributed by atoms with E-state index >= 15 is 0 Å². The number of rotatable bonds is 5. The van der Waals surface area contributed by atoms with Crippen LogP contribution >= 0.6 is 23.1 Å². The van der Waals surface area contributed by atoms with Crippen molar-refractivity contribution in [2.75, 3.05) is 4.72 Å². The molecular formula is C21H18FN3O3S3. The van der Waals surface area contributed by atoms with Gasteiger partial charge in [-0.1, -0.05) is 29.5 Å². The molecular weight excluding hydrogens is 457 g/mol. The first-order chi connectivity index (χ1) is 14.7. The highest BCUT2D eigenvalue weighted by Crippen LogP contribution is 2.41. The first-order valence-electron chi connectivity index (χ1n) is 9.21. The van der Waals surface area contributed by atoms with Crippen molar-refractivity contribution in [2.24, 2.45) is 0 Å². The molecule has 0 saturated carbocycles. The molecule has 0 radical (unpaired) electrons. The topological polar surface area (TPSA) is 81.1 Å². The van der Waals surface area contributed by atoms with Gasteiger partial charge in [0.1, 0.15) is 11.5 Å². The Labute approximate surface area is 187 Å². The Morgan fingerprint density at radius 2 is 1.68 bits per heavy atom. The summed E-state index contributed by atoms with van der Waals surface area (Å²) in [6.45, 7) is 5.53. The number of benzene rings is 2. The predicted octanol–water partition coefficient (Wildman–Crippen LogP) is 4.75. The van der Waals surface area contributed by atoms with Gasteiger partial charge in [-0.15, -0.1) is 11.3 Å². The average molecular weight is 476 g/mol. The number of anilines is 1. The van der Waals surface area contributed by atoms with E-state index in [1.54, 1.807) is 31.2 Å². The number of halogens is 1. The molecule has 4 rings (SSSR count). The molecule has 2 aliphatic heterocycles. The van der Waals surface area contributed by atoms with Crippen LogP contribution < -0.4 is 10.4 Å². The van der Waals surface area contributed by atoms with Crippen molar-refractivity contribution < 1.29 is 12.8 Å². The van der Waals surface area contributed by atoms with Crippen LogP contribution in [0.1, 0.15) is 16.1 Å². The summed E-state index contributed by atoms with van der Waals surface area (Å²) in [5.41, 5.74) is 1.43. The first kappa shape index (κ1) is 21.5. The SMILES string of the molecule is Cc1ccc(S(=O)(=O)Nc2nc(=O)n3c(C)c(C)sc(Sc4ccc(F)cc4)c2-3)cc1. The van der Waals surface area contributed by atoms with E-state index in [2.05, 4.69) is 9.71 Å². The maximum atomic E-state index is 13.3. The zero-order valence-electron chi connectivity index (χ0n) is 16.8. The van der Waals surface area contributed by atoms with Crippen molar-refractivity contribution in [3.05, 3.63) is 81.0 Å². The summed E-state index contributed by atoms with van der Waals surface area (Å²) >= 11 is 2.74. The Hall–Kier alpha value is -2.69. The van der Waals surface area contributed by atoms with E-state index in [0.29, 0.717) is 15.6 Å². The molecule has 160 valence electrons. The van der Waals surface area contributed by atoms with E-state index in [9.17, 15) is 17.6 Å². The number of sulfonamides is 1. The van der Waals surface area contributed by atoms with Crippen LogP contribution in [0.25, 0.3) is 5.69 Å². The molecule has 0 aliphatic carbocycles. The minimum atomic E-state index is -3.95. The van der Waals surface area contributed by atoms with Gasteiger partial charge < -0.3 is 0 Å². The molecule has 2 aromatic carbocycles. The van der Waals surface area contributed by atoms with E-state index in [1.165, 1.54) is 51.9 Å². The average Bonchev–Trinajstić information content (AvgIpc) is 3.03. The lowest BCUT2D eigenvalue weighted by Gasteiger charge is -2.16. The minimum Gasteiger partial charge on any atom is -0.261 e. The van der Waals surface area contributed by atoms with Crippen LogP contribution in [0.15, 0.2) is 67.3 Å². The molecule has 0 aromatic heterocycles. The second kappa shape index (κ2) is 8.10. The quantitative estimate of drug-likeness (QED) is 0.451. The van der Waals surface area contributed by atoms with Gasteiger partial charge >= 0.3 is 5.69 Å². The Balaban J connectivity index is 1.83. The molecule has 2 aliphatic rings. The molecule has 31 heavy (non-hydrogen) atoms. The van der Waals surface area contributed by atoms with Crippen molar-refractivity contribution in [3.63, 3.8) is 0 Å². The number of imidazole rings is 1. The van der Waals surface area contributed by atoms with Crippen molar-refractivity contribution in [3.8, 4) is 5.69 Å². The maximum absolute atomic E-state index is 13.3. The fraction of sp³-hybridized carbons (Fsp3) is 0.143. The molecule has 10 heteroatoms. The van der Waals surface area contributed by atoms with Crippen LogP contribution in [0.4, 0.5) is 10.2 Å². The summed E-state index contributed by atoms with van der Waals surface area (Å²) in [7, 11) is -3.95. The second-order valence-electron chi connectivity index (χ2n) is 6.93. The van der Waals surface area contributed by atoms with Gasteiger partial charge in [-0.25, -0.2) is 17.6 Å². The normalized spacial score (nSPS) is 11.7. The van der Waals surface area contributed by atoms with Gasteiger partial charge in [0, 0.05) is 15.5 Å². The summed E-state index contributed by atoms with van der Waals surface area (Å²) in [5, 5.41) is 0. The summed E-state index contributed by atoms with van der Waals surface area (Å²) in [4.78, 5) is 18.4. The van der Waals surface area contributed by atoms with Crippen molar-refractivity contribution in [2.45, 2.75) is 34.8 Å². The van der Waals surface area contributed by atoms with Crippen LogP contribution in [-0.2, 0) is 10.0 Å². The van der Waals surface area contributed by atoms with Gasteiger partial charge in [-0.05, 0) is 57.2 Å². The smallest absolute Gasteiger partial charge is 0.261 e. The molecule has 0 amide bonds. The van der Waals surface area contributed by atoms with Crippen LogP contribution in [0, 0.1) is 26.6 Å². The van der Waals surface area contributed by atoms with Gasteiger partial charge in [0.15, 0.2) is 5.82 Å². The maximum Gasteiger partial charge on any atom is 0.354 e. The zero-order valence-corrected chi connectivity index (χ0v) is 19.3. The number of nitrogens with zero attached hydrogens (tertiary/aromatic N) is 2. The summed E-state index contributed by atoms with van der Waals surface area (Å²) < 4.78 is 43.7. The van der Waals surface area contributed by atoms with Crippen LogP contribution in [0.5, 0.6) is 0 Å². The van der Waals surface area contributed by atoms with Gasteiger partial charge in [0.2, 0.25) is 0 Å². The Kier molecular flexibility index (Phi) is 5.63. The Morgan fingerprint density at radius 1 is 1.03 bits per heavy atom. The third-order valence-electron chi connectivity index (χ3n) is 4.72. The lowest BCUT2D eigenvalue weighted by atomic mass is 10.2. The van der Waals surface area contributed by atoms with Gasteiger partial charge in [0.25, 0.3) is 10.0 Å². The number of aryl methyl sites for hydroxylation is 2. The van der Waals surface area contributed by atoms with E-state index in [-0.39, 0.29) is 16.5 Å². The van der Waals surface area contributed by atoms with Gasteiger partial charge in [-0.3, -0.25) is 9.29 Å². The summed E-state index contributed by atoms with van der Waals surface area (Å²) in [6, 6.07) is 12.4. The highest BCUT2D eigenvalue weighted by atomic mass is 32.2. The van der Waals surface area contributed by atoms with Crippen molar-refractivity contribution in [1.82, 2.24) is 9.55 Å². The number of fused-ring (bicyclic) bond motifs is 1. The standard InChI is InChI=1S/C21H18FN3O3S3/c1-12-4-10-17(11-5-12)31(27,28)24-19-18-20(30-16-8-6-15(22)7-9-16)29-14(3)13(2)25(18)21(26)23-19/h4-11H,1-3H3,(H,23,24,26). The van der Waals surface area contributed by atoms with Crippen molar-refractivity contribution in [1.29, 1.82) is 0 Å². The minimum absolute atomic E-state index is 0.0328. The first-order valence-corrected chi connectivity index (χ1v) is 12.3. The van der Waals surface area contributed by atoms with Crippen LogP contribution in [-0.4, -0.2) is 18.0 Å². The highest BCUT2D eigenvalue weighted by Gasteiger charge is 2.27. The highest BCUT2D eigenvalue weighted by molar-refractivity contribution is 8.01. The number of hydrogen-bond acceptors (Lipinski definition) is 6. The molecule has 0 spiro atoms. The Morgan fingerprint density at radius 3 is 2.32 bits per heavy atom. The fourth-order valence-corrected chi connectivity index (χ4v) is 6.38. The van der Waals surface area contributed by atoms with Crippen LogP contribution in [0.2, 0.25) is 0 Å². The monoisotopic (exact) mass is 475 g/mol. The summed E-state index contributed by atoms with van der Waals surface area (Å²) in [5.74, 6) is -0.384.